The summed E-state index contributed by atoms with van der Waals surface area (Å²) >= 11 is 0. The molecule has 0 fully saturated rings. The summed E-state index contributed by atoms with van der Waals surface area (Å²) in [5.74, 6) is 1.30. The monoisotopic (exact) mass is 248 g/mol. The lowest BCUT2D eigenvalue weighted by Crippen LogP contribution is -2.34. The molecule has 1 unspecified atom stereocenters. The van der Waals surface area contributed by atoms with E-state index in [-0.39, 0.29) is 0 Å². The molecule has 2 heteroatoms. The van der Waals surface area contributed by atoms with Gasteiger partial charge in [0.2, 0.25) is 0 Å². The fourth-order valence-corrected chi connectivity index (χ4v) is 2.54. The standard InChI is InChI=1S/C16H28N2/c1-5-18(12-15(11-17)10-13(2)3)16-9-7-6-8-14(16)4/h6-9,13,15H,5,10-12,17H2,1-4H3. The van der Waals surface area contributed by atoms with E-state index in [1.54, 1.807) is 0 Å². The fourth-order valence-electron chi connectivity index (χ4n) is 2.54. The molecule has 0 aromatic heterocycles. The van der Waals surface area contributed by atoms with Crippen LogP contribution in [-0.4, -0.2) is 19.6 Å². The Morgan fingerprint density at radius 3 is 2.39 bits per heavy atom. The third-order valence-corrected chi connectivity index (χ3v) is 3.45. The molecule has 2 N–H and O–H groups in total. The number of aryl methyl sites for hydroxylation is 1. The lowest BCUT2D eigenvalue weighted by Gasteiger charge is -2.30. The summed E-state index contributed by atoms with van der Waals surface area (Å²) in [6, 6.07) is 8.60. The Morgan fingerprint density at radius 1 is 1.22 bits per heavy atom. The molecule has 0 aliphatic rings. The zero-order valence-electron chi connectivity index (χ0n) is 12.3. The van der Waals surface area contributed by atoms with Crippen LogP contribution in [0.1, 0.15) is 32.8 Å². The molecule has 0 aliphatic carbocycles. The number of hydrogen-bond donors (Lipinski definition) is 1. The number of anilines is 1. The second kappa shape index (κ2) is 7.42. The van der Waals surface area contributed by atoms with Crippen molar-refractivity contribution in [1.29, 1.82) is 0 Å². The van der Waals surface area contributed by atoms with Crippen molar-refractivity contribution in [2.45, 2.75) is 34.1 Å². The fraction of sp³-hybridized carbons (Fsp3) is 0.625. The van der Waals surface area contributed by atoms with Crippen molar-refractivity contribution in [3.8, 4) is 0 Å². The first-order valence-corrected chi connectivity index (χ1v) is 7.09. The van der Waals surface area contributed by atoms with Gasteiger partial charge < -0.3 is 10.6 Å². The summed E-state index contributed by atoms with van der Waals surface area (Å²) < 4.78 is 0. The van der Waals surface area contributed by atoms with Gasteiger partial charge in [-0.3, -0.25) is 0 Å². The minimum atomic E-state index is 0.588. The van der Waals surface area contributed by atoms with E-state index in [4.69, 9.17) is 5.73 Å². The molecule has 0 saturated heterocycles. The van der Waals surface area contributed by atoms with Crippen LogP contribution in [-0.2, 0) is 0 Å². The van der Waals surface area contributed by atoms with Crippen LogP contribution in [0.2, 0.25) is 0 Å². The second-order valence-electron chi connectivity index (χ2n) is 5.56. The van der Waals surface area contributed by atoms with E-state index in [9.17, 15) is 0 Å². The van der Waals surface area contributed by atoms with Crippen molar-refractivity contribution in [1.82, 2.24) is 0 Å². The lowest BCUT2D eigenvalue weighted by molar-refractivity contribution is 0.415. The van der Waals surface area contributed by atoms with Gasteiger partial charge >= 0.3 is 0 Å². The number of para-hydroxylation sites is 1. The Kier molecular flexibility index (Phi) is 6.20. The van der Waals surface area contributed by atoms with Gasteiger partial charge in [0.15, 0.2) is 0 Å². The number of rotatable bonds is 7. The summed E-state index contributed by atoms with van der Waals surface area (Å²) in [5, 5.41) is 0. The first kappa shape index (κ1) is 15.0. The van der Waals surface area contributed by atoms with E-state index >= 15 is 0 Å². The van der Waals surface area contributed by atoms with Gasteiger partial charge in [-0.1, -0.05) is 32.0 Å². The molecular weight excluding hydrogens is 220 g/mol. The Balaban J connectivity index is 2.75. The zero-order valence-corrected chi connectivity index (χ0v) is 12.3. The predicted molar refractivity (Wildman–Crippen MR) is 81.1 cm³/mol. The van der Waals surface area contributed by atoms with Crippen molar-refractivity contribution in [3.63, 3.8) is 0 Å². The van der Waals surface area contributed by atoms with Crippen molar-refractivity contribution >= 4 is 5.69 Å². The minimum Gasteiger partial charge on any atom is -0.371 e. The SMILES string of the molecule is CCN(CC(CN)CC(C)C)c1ccccc1C. The van der Waals surface area contributed by atoms with Crippen molar-refractivity contribution < 1.29 is 0 Å². The van der Waals surface area contributed by atoms with Gasteiger partial charge in [0.05, 0.1) is 0 Å². The summed E-state index contributed by atoms with van der Waals surface area (Å²) in [4.78, 5) is 2.45. The minimum absolute atomic E-state index is 0.588. The maximum absolute atomic E-state index is 5.91. The largest absolute Gasteiger partial charge is 0.371 e. The molecule has 0 radical (unpaired) electrons. The highest BCUT2D eigenvalue weighted by molar-refractivity contribution is 5.52. The number of nitrogens with zero attached hydrogens (tertiary/aromatic N) is 1. The Morgan fingerprint density at radius 2 is 1.89 bits per heavy atom. The molecule has 1 rings (SSSR count). The van der Waals surface area contributed by atoms with E-state index < -0.39 is 0 Å². The van der Waals surface area contributed by atoms with Gasteiger partial charge in [-0.15, -0.1) is 0 Å². The molecule has 2 nitrogen and oxygen atoms in total. The first-order valence-electron chi connectivity index (χ1n) is 7.09. The number of hydrogen-bond acceptors (Lipinski definition) is 2. The summed E-state index contributed by atoms with van der Waals surface area (Å²) in [7, 11) is 0. The van der Waals surface area contributed by atoms with Crippen LogP contribution in [0.5, 0.6) is 0 Å². The zero-order chi connectivity index (χ0) is 13.5. The van der Waals surface area contributed by atoms with Crippen molar-refractivity contribution in [2.75, 3.05) is 24.5 Å². The van der Waals surface area contributed by atoms with Crippen LogP contribution in [0.25, 0.3) is 0 Å². The van der Waals surface area contributed by atoms with E-state index in [1.165, 1.54) is 17.7 Å². The van der Waals surface area contributed by atoms with Gasteiger partial charge in [0.25, 0.3) is 0 Å². The van der Waals surface area contributed by atoms with Gasteiger partial charge in [0.1, 0.15) is 0 Å². The molecule has 0 heterocycles. The second-order valence-corrected chi connectivity index (χ2v) is 5.56. The van der Waals surface area contributed by atoms with Crippen LogP contribution in [0.15, 0.2) is 24.3 Å². The Hall–Kier alpha value is -1.02. The topological polar surface area (TPSA) is 29.3 Å². The van der Waals surface area contributed by atoms with Crippen LogP contribution in [0.3, 0.4) is 0 Å². The Bertz CT molecular complexity index is 347. The highest BCUT2D eigenvalue weighted by Crippen LogP contribution is 2.22. The van der Waals surface area contributed by atoms with E-state index in [2.05, 4.69) is 56.9 Å². The first-order chi connectivity index (χ1) is 8.58. The van der Waals surface area contributed by atoms with Crippen LogP contribution in [0, 0.1) is 18.8 Å². The summed E-state index contributed by atoms with van der Waals surface area (Å²) in [5.41, 5.74) is 8.61. The van der Waals surface area contributed by atoms with E-state index in [0.29, 0.717) is 11.8 Å². The molecular formula is C16H28N2. The molecule has 18 heavy (non-hydrogen) atoms. The maximum atomic E-state index is 5.91. The van der Waals surface area contributed by atoms with Crippen LogP contribution in [0.4, 0.5) is 5.69 Å². The number of nitrogens with two attached hydrogens (primary N) is 1. The molecule has 1 aromatic carbocycles. The van der Waals surface area contributed by atoms with Crippen molar-refractivity contribution in [2.24, 2.45) is 17.6 Å². The predicted octanol–water partition coefficient (Wildman–Crippen LogP) is 3.44. The molecule has 1 aromatic rings. The molecule has 0 spiro atoms. The van der Waals surface area contributed by atoms with E-state index in [0.717, 1.165) is 19.6 Å². The smallest absolute Gasteiger partial charge is 0.0395 e. The molecule has 0 saturated carbocycles. The highest BCUT2D eigenvalue weighted by atomic mass is 15.1. The summed E-state index contributed by atoms with van der Waals surface area (Å²) in [6.45, 7) is 11.8. The molecule has 0 bridgehead atoms. The highest BCUT2D eigenvalue weighted by Gasteiger charge is 2.14. The van der Waals surface area contributed by atoms with Crippen LogP contribution >= 0.6 is 0 Å². The third-order valence-electron chi connectivity index (χ3n) is 3.45. The third kappa shape index (κ3) is 4.34. The molecule has 0 amide bonds. The van der Waals surface area contributed by atoms with Gasteiger partial charge in [-0.2, -0.15) is 0 Å². The summed E-state index contributed by atoms with van der Waals surface area (Å²) in [6.07, 6.45) is 1.21. The van der Waals surface area contributed by atoms with Crippen LogP contribution < -0.4 is 10.6 Å². The quantitative estimate of drug-likeness (QED) is 0.801. The Labute approximate surface area is 112 Å². The molecule has 0 aliphatic heterocycles. The van der Waals surface area contributed by atoms with E-state index in [1.807, 2.05) is 0 Å². The lowest BCUT2D eigenvalue weighted by atomic mass is 9.96. The average Bonchev–Trinajstić information content (AvgIpc) is 2.35. The normalized spacial score (nSPS) is 12.8. The molecule has 102 valence electrons. The number of benzene rings is 1. The average molecular weight is 248 g/mol. The van der Waals surface area contributed by atoms with Gasteiger partial charge in [-0.05, 0) is 50.3 Å². The maximum Gasteiger partial charge on any atom is 0.0395 e. The van der Waals surface area contributed by atoms with Gasteiger partial charge in [-0.25, -0.2) is 0 Å². The molecule has 1 atom stereocenters. The van der Waals surface area contributed by atoms with Gasteiger partial charge in [0, 0.05) is 18.8 Å². The van der Waals surface area contributed by atoms with Crippen molar-refractivity contribution in [3.05, 3.63) is 29.8 Å².